The van der Waals surface area contributed by atoms with Crippen LogP contribution in [0.4, 0.5) is 0 Å². The van der Waals surface area contributed by atoms with Gasteiger partial charge in [0.25, 0.3) is 5.91 Å². The molecule has 0 saturated heterocycles. The van der Waals surface area contributed by atoms with Crippen LogP contribution in [0, 0.1) is 3.57 Å². The van der Waals surface area contributed by atoms with Crippen molar-refractivity contribution in [1.29, 1.82) is 0 Å². The summed E-state index contributed by atoms with van der Waals surface area (Å²) in [6.45, 7) is 2.91. The monoisotopic (exact) mass is 608 g/mol. The first-order chi connectivity index (χ1) is 15.5. The molecule has 0 aromatic heterocycles. The quantitative estimate of drug-likeness (QED) is 0.189. The van der Waals surface area contributed by atoms with Gasteiger partial charge in [0.15, 0.2) is 11.5 Å². The van der Waals surface area contributed by atoms with Gasteiger partial charge in [-0.3, -0.25) is 4.79 Å². The Morgan fingerprint density at radius 3 is 2.47 bits per heavy atom. The Kier molecular flexibility index (Phi) is 8.92. The lowest BCUT2D eigenvalue weighted by Crippen LogP contribution is -2.17. The first-order valence-corrected chi connectivity index (χ1v) is 11.7. The highest BCUT2D eigenvalue weighted by molar-refractivity contribution is 14.1. The number of carbonyl (C=O) groups is 1. The number of ether oxygens (including phenoxy) is 3. The molecule has 1 N–H and O–H groups in total. The van der Waals surface area contributed by atoms with Crippen LogP contribution < -0.4 is 19.6 Å². The lowest BCUT2D eigenvalue weighted by Gasteiger charge is -2.13. The van der Waals surface area contributed by atoms with Gasteiger partial charge in [-0.2, -0.15) is 5.10 Å². The van der Waals surface area contributed by atoms with E-state index in [1.807, 2.05) is 43.3 Å². The Labute approximate surface area is 209 Å². The van der Waals surface area contributed by atoms with Gasteiger partial charge in [0, 0.05) is 10.0 Å². The maximum absolute atomic E-state index is 12.3. The van der Waals surface area contributed by atoms with E-state index >= 15 is 0 Å². The van der Waals surface area contributed by atoms with E-state index in [0.717, 1.165) is 24.9 Å². The molecule has 3 rings (SSSR count). The summed E-state index contributed by atoms with van der Waals surface area (Å²) < 4.78 is 18.8. The molecule has 8 heteroatoms. The zero-order chi connectivity index (χ0) is 22.9. The average Bonchev–Trinajstić information content (AvgIpc) is 2.80. The van der Waals surface area contributed by atoms with E-state index < -0.39 is 0 Å². The van der Waals surface area contributed by atoms with Crippen molar-refractivity contribution >= 4 is 50.6 Å². The van der Waals surface area contributed by atoms with Crippen LogP contribution in [0.2, 0.25) is 0 Å². The highest BCUT2D eigenvalue weighted by atomic mass is 127. The number of hydrogen-bond donors (Lipinski definition) is 1. The predicted molar refractivity (Wildman–Crippen MR) is 137 cm³/mol. The van der Waals surface area contributed by atoms with Gasteiger partial charge in [0.2, 0.25) is 0 Å². The minimum absolute atomic E-state index is 0.305. The van der Waals surface area contributed by atoms with Crippen molar-refractivity contribution in [2.45, 2.75) is 13.5 Å². The Bertz CT molecular complexity index is 1090. The summed E-state index contributed by atoms with van der Waals surface area (Å²) in [5.41, 5.74) is 4.85. The standard InChI is InChI=1S/C24H22BrIN2O4/c1-3-31-20-10-6-18(7-11-20)24(29)28-27-14-17-12-21(26)23(22(13-17)30-2)32-15-16-4-8-19(25)9-5-16/h4-14H,3,15H2,1-2H3,(H,28,29)/b27-14-. The van der Waals surface area contributed by atoms with Crippen molar-refractivity contribution < 1.29 is 19.0 Å². The summed E-state index contributed by atoms with van der Waals surface area (Å²) in [5.74, 6) is 1.66. The highest BCUT2D eigenvalue weighted by Gasteiger charge is 2.12. The lowest BCUT2D eigenvalue weighted by molar-refractivity contribution is 0.0955. The molecule has 0 aliphatic carbocycles. The number of nitrogens with one attached hydrogen (secondary N) is 1. The topological polar surface area (TPSA) is 69.2 Å². The summed E-state index contributed by atoms with van der Waals surface area (Å²) in [6.07, 6.45) is 1.57. The Balaban J connectivity index is 1.64. The highest BCUT2D eigenvalue weighted by Crippen LogP contribution is 2.34. The zero-order valence-corrected chi connectivity index (χ0v) is 21.3. The molecule has 0 spiro atoms. The summed E-state index contributed by atoms with van der Waals surface area (Å²) in [6, 6.07) is 18.6. The zero-order valence-electron chi connectivity index (χ0n) is 17.6. The molecule has 3 aromatic carbocycles. The normalized spacial score (nSPS) is 10.8. The number of nitrogens with zero attached hydrogens (tertiary/aromatic N) is 1. The molecule has 0 fully saturated rings. The maximum atomic E-state index is 12.3. The van der Waals surface area contributed by atoms with Gasteiger partial charge in [0.1, 0.15) is 12.4 Å². The smallest absolute Gasteiger partial charge is 0.271 e. The van der Waals surface area contributed by atoms with Gasteiger partial charge < -0.3 is 14.2 Å². The van der Waals surface area contributed by atoms with E-state index in [2.05, 4.69) is 49.0 Å². The molecular formula is C24H22BrIN2O4. The van der Waals surface area contributed by atoms with Crippen LogP contribution in [-0.2, 0) is 6.61 Å². The van der Waals surface area contributed by atoms with Gasteiger partial charge in [-0.15, -0.1) is 0 Å². The van der Waals surface area contributed by atoms with Crippen LogP contribution in [0.5, 0.6) is 17.2 Å². The second kappa shape index (κ2) is 11.9. The maximum Gasteiger partial charge on any atom is 0.271 e. The van der Waals surface area contributed by atoms with E-state index in [4.69, 9.17) is 14.2 Å². The first-order valence-electron chi connectivity index (χ1n) is 9.81. The third kappa shape index (κ3) is 6.70. The minimum Gasteiger partial charge on any atom is -0.494 e. The van der Waals surface area contributed by atoms with E-state index in [-0.39, 0.29) is 5.91 Å². The average molecular weight is 609 g/mol. The molecule has 0 atom stereocenters. The van der Waals surface area contributed by atoms with Crippen LogP contribution in [0.15, 0.2) is 70.2 Å². The van der Waals surface area contributed by atoms with Crippen molar-refractivity contribution in [2.75, 3.05) is 13.7 Å². The third-order valence-corrected chi connectivity index (χ3v) is 5.69. The molecule has 0 heterocycles. The van der Waals surface area contributed by atoms with Crippen LogP contribution in [0.25, 0.3) is 0 Å². The fourth-order valence-corrected chi connectivity index (χ4v) is 3.84. The molecule has 0 saturated carbocycles. The predicted octanol–water partition coefficient (Wildman–Crippen LogP) is 5.80. The SMILES string of the molecule is CCOc1ccc(C(=O)N/N=C\c2cc(I)c(OCc3ccc(Br)cc3)c(OC)c2)cc1. The van der Waals surface area contributed by atoms with Crippen molar-refractivity contribution in [2.24, 2.45) is 5.10 Å². The molecule has 166 valence electrons. The number of carbonyl (C=O) groups excluding carboxylic acids is 1. The Hall–Kier alpha value is -2.59. The number of benzene rings is 3. The van der Waals surface area contributed by atoms with Gasteiger partial charge in [-0.25, -0.2) is 5.43 Å². The fourth-order valence-electron chi connectivity index (χ4n) is 2.79. The van der Waals surface area contributed by atoms with Crippen molar-refractivity contribution in [3.8, 4) is 17.2 Å². The van der Waals surface area contributed by atoms with Gasteiger partial charge in [0.05, 0.1) is 23.5 Å². The molecule has 0 bridgehead atoms. The lowest BCUT2D eigenvalue weighted by atomic mass is 10.2. The number of halogens is 2. The van der Waals surface area contributed by atoms with Crippen LogP contribution in [0.3, 0.4) is 0 Å². The van der Waals surface area contributed by atoms with Crippen LogP contribution in [-0.4, -0.2) is 25.8 Å². The van der Waals surface area contributed by atoms with Crippen molar-refractivity contribution in [1.82, 2.24) is 5.43 Å². The molecule has 1 amide bonds. The second-order valence-electron chi connectivity index (χ2n) is 6.61. The van der Waals surface area contributed by atoms with Gasteiger partial charge in [-0.1, -0.05) is 28.1 Å². The van der Waals surface area contributed by atoms with Gasteiger partial charge in [-0.05, 0) is 89.2 Å². The minimum atomic E-state index is -0.305. The van der Waals surface area contributed by atoms with E-state index in [1.54, 1.807) is 37.6 Å². The van der Waals surface area contributed by atoms with Crippen molar-refractivity contribution in [3.05, 3.63) is 85.4 Å². The largest absolute Gasteiger partial charge is 0.494 e. The molecule has 6 nitrogen and oxygen atoms in total. The Morgan fingerprint density at radius 1 is 1.09 bits per heavy atom. The number of hydrazone groups is 1. The Morgan fingerprint density at radius 2 is 1.81 bits per heavy atom. The summed E-state index contributed by atoms with van der Waals surface area (Å²) in [5, 5.41) is 4.06. The first kappa shape index (κ1) is 24.1. The molecule has 0 unspecified atom stereocenters. The number of hydrogen-bond acceptors (Lipinski definition) is 5. The fraction of sp³-hybridized carbons (Fsp3) is 0.167. The molecule has 3 aromatic rings. The molecule has 0 aliphatic rings. The van der Waals surface area contributed by atoms with Gasteiger partial charge >= 0.3 is 0 Å². The van der Waals surface area contributed by atoms with E-state index in [1.165, 1.54) is 0 Å². The number of rotatable bonds is 9. The van der Waals surface area contributed by atoms with Crippen molar-refractivity contribution in [3.63, 3.8) is 0 Å². The third-order valence-electron chi connectivity index (χ3n) is 4.36. The summed E-state index contributed by atoms with van der Waals surface area (Å²) >= 11 is 5.62. The van der Waals surface area contributed by atoms with Crippen LogP contribution in [0.1, 0.15) is 28.4 Å². The number of amides is 1. The molecule has 0 radical (unpaired) electrons. The van der Waals surface area contributed by atoms with E-state index in [0.29, 0.717) is 30.3 Å². The van der Waals surface area contributed by atoms with E-state index in [9.17, 15) is 4.79 Å². The molecule has 0 aliphatic heterocycles. The second-order valence-corrected chi connectivity index (χ2v) is 8.68. The summed E-state index contributed by atoms with van der Waals surface area (Å²) in [4.78, 5) is 12.3. The number of methoxy groups -OCH3 is 1. The molecular weight excluding hydrogens is 587 g/mol. The molecule has 32 heavy (non-hydrogen) atoms. The van der Waals surface area contributed by atoms with Crippen LogP contribution >= 0.6 is 38.5 Å². The summed E-state index contributed by atoms with van der Waals surface area (Å²) in [7, 11) is 1.59.